The van der Waals surface area contributed by atoms with Crippen molar-refractivity contribution >= 4 is 11.7 Å². The fourth-order valence-electron chi connectivity index (χ4n) is 1.22. The third-order valence-electron chi connectivity index (χ3n) is 2.02. The zero-order valence-corrected chi connectivity index (χ0v) is 8.93. The van der Waals surface area contributed by atoms with E-state index in [4.69, 9.17) is 4.74 Å². The van der Waals surface area contributed by atoms with Crippen molar-refractivity contribution in [3.63, 3.8) is 0 Å². The average molecular weight is 225 g/mol. The summed E-state index contributed by atoms with van der Waals surface area (Å²) in [7, 11) is 2.62. The molecule has 1 rings (SSSR count). The number of carbonyl (C=O) groups excluding carboxylic acids is 1. The minimum atomic E-state index is -0.541. The number of hydrogen-bond donors (Lipinski definition) is 0. The molecule has 16 heavy (non-hydrogen) atoms. The lowest BCUT2D eigenvalue weighted by Gasteiger charge is -2.04. The summed E-state index contributed by atoms with van der Waals surface area (Å²) in [6.07, 6.45) is 0.0604. The van der Waals surface area contributed by atoms with Gasteiger partial charge in [-0.1, -0.05) is 6.07 Å². The lowest BCUT2D eigenvalue weighted by Crippen LogP contribution is -2.05. The second-order valence-corrected chi connectivity index (χ2v) is 3.02. The molecule has 0 heterocycles. The predicted octanol–water partition coefficient (Wildman–Crippen LogP) is 1.32. The summed E-state index contributed by atoms with van der Waals surface area (Å²) in [5, 5.41) is 10.6. The molecule has 0 spiro atoms. The summed E-state index contributed by atoms with van der Waals surface area (Å²) < 4.78 is 9.36. The van der Waals surface area contributed by atoms with Gasteiger partial charge in [-0.25, -0.2) is 0 Å². The maximum atomic E-state index is 11.0. The quantitative estimate of drug-likeness (QED) is 0.438. The number of nitro benzene ring substituents is 1. The predicted molar refractivity (Wildman–Crippen MR) is 55.4 cm³/mol. The van der Waals surface area contributed by atoms with E-state index in [2.05, 4.69) is 4.74 Å². The molecule has 6 heteroatoms. The number of esters is 1. The molecule has 0 N–H and O–H groups in total. The molecule has 0 saturated heterocycles. The highest BCUT2D eigenvalue weighted by Crippen LogP contribution is 2.27. The van der Waals surface area contributed by atoms with Crippen LogP contribution in [0.1, 0.15) is 5.56 Å². The maximum absolute atomic E-state index is 11.0. The third-order valence-corrected chi connectivity index (χ3v) is 2.02. The van der Waals surface area contributed by atoms with Crippen LogP contribution in [-0.4, -0.2) is 25.1 Å². The lowest BCUT2D eigenvalue weighted by atomic mass is 10.1. The number of carbonyl (C=O) groups is 1. The Labute approximate surface area is 91.9 Å². The molecule has 0 amide bonds. The minimum Gasteiger partial charge on any atom is -0.490 e. The molecule has 6 nitrogen and oxygen atoms in total. The summed E-state index contributed by atoms with van der Waals surface area (Å²) in [5.41, 5.74) is 0.477. The molecule has 1 aromatic carbocycles. The number of nitrogens with zero attached hydrogens (tertiary/aromatic N) is 1. The SMILES string of the molecule is COC(=O)Cc1ccc([N+](=O)[O-])c(OC)c1. The molecule has 86 valence electrons. The van der Waals surface area contributed by atoms with Crippen LogP contribution in [0.25, 0.3) is 0 Å². The van der Waals surface area contributed by atoms with Crippen LogP contribution < -0.4 is 4.74 Å². The molecule has 1 aromatic rings. The molecule has 0 atom stereocenters. The maximum Gasteiger partial charge on any atom is 0.310 e. The van der Waals surface area contributed by atoms with Gasteiger partial charge in [0.05, 0.1) is 25.6 Å². The monoisotopic (exact) mass is 225 g/mol. The molecule has 0 saturated carbocycles. The number of hydrogen-bond acceptors (Lipinski definition) is 5. The third kappa shape index (κ3) is 2.69. The van der Waals surface area contributed by atoms with Crippen molar-refractivity contribution < 1.29 is 19.2 Å². The van der Waals surface area contributed by atoms with Gasteiger partial charge < -0.3 is 9.47 Å². The van der Waals surface area contributed by atoms with Gasteiger partial charge >= 0.3 is 11.7 Å². The van der Waals surface area contributed by atoms with Crippen LogP contribution in [0.5, 0.6) is 5.75 Å². The first-order chi connectivity index (χ1) is 7.58. The average Bonchev–Trinajstić information content (AvgIpc) is 2.28. The van der Waals surface area contributed by atoms with Crippen molar-refractivity contribution in [3.8, 4) is 5.75 Å². The van der Waals surface area contributed by atoms with Crippen molar-refractivity contribution in [2.24, 2.45) is 0 Å². The van der Waals surface area contributed by atoms with Crippen LogP contribution in [0.15, 0.2) is 18.2 Å². The zero-order valence-electron chi connectivity index (χ0n) is 8.93. The topological polar surface area (TPSA) is 78.7 Å². The van der Waals surface area contributed by atoms with Gasteiger partial charge in [0.15, 0.2) is 5.75 Å². The van der Waals surface area contributed by atoms with Crippen molar-refractivity contribution in [3.05, 3.63) is 33.9 Å². The number of rotatable bonds is 4. The second-order valence-electron chi connectivity index (χ2n) is 3.02. The minimum absolute atomic E-state index is 0.0604. The first kappa shape index (κ1) is 12.0. The van der Waals surface area contributed by atoms with Crippen molar-refractivity contribution in [2.75, 3.05) is 14.2 Å². The van der Waals surface area contributed by atoms with Crippen molar-refractivity contribution in [1.29, 1.82) is 0 Å². The first-order valence-electron chi connectivity index (χ1n) is 4.46. The van der Waals surface area contributed by atoms with E-state index in [0.29, 0.717) is 5.56 Å². The molecule has 0 fully saturated rings. The molecule has 0 bridgehead atoms. The fraction of sp³-hybridized carbons (Fsp3) is 0.300. The normalized spacial score (nSPS) is 9.62. The van der Waals surface area contributed by atoms with Gasteiger partial charge in [-0.3, -0.25) is 14.9 Å². The van der Waals surface area contributed by atoms with Gasteiger partial charge in [0, 0.05) is 6.07 Å². The number of methoxy groups -OCH3 is 2. The summed E-state index contributed by atoms with van der Waals surface area (Å²) in [6, 6.07) is 4.25. The summed E-state index contributed by atoms with van der Waals surface area (Å²) in [6.45, 7) is 0. The zero-order chi connectivity index (χ0) is 12.1. The molecule has 0 radical (unpaired) electrons. The van der Waals surface area contributed by atoms with E-state index in [1.807, 2.05) is 0 Å². The highest BCUT2D eigenvalue weighted by Gasteiger charge is 2.15. The molecule has 0 unspecified atom stereocenters. The Balaban J connectivity index is 2.99. The van der Waals surface area contributed by atoms with Gasteiger partial charge in [-0.2, -0.15) is 0 Å². The van der Waals surface area contributed by atoms with Crippen molar-refractivity contribution in [1.82, 2.24) is 0 Å². The number of benzene rings is 1. The molecular formula is C10H11NO5. The smallest absolute Gasteiger partial charge is 0.310 e. The molecule has 0 aliphatic heterocycles. The van der Waals surface area contributed by atoms with E-state index in [1.54, 1.807) is 0 Å². The van der Waals surface area contributed by atoms with E-state index >= 15 is 0 Å². The fourth-order valence-corrected chi connectivity index (χ4v) is 1.22. The molecular weight excluding hydrogens is 214 g/mol. The Kier molecular flexibility index (Phi) is 3.82. The van der Waals surface area contributed by atoms with Crippen LogP contribution in [0, 0.1) is 10.1 Å². The van der Waals surface area contributed by atoms with Gasteiger partial charge in [0.25, 0.3) is 0 Å². The Hall–Kier alpha value is -2.11. The van der Waals surface area contributed by atoms with E-state index in [-0.39, 0.29) is 17.9 Å². The largest absolute Gasteiger partial charge is 0.490 e. The summed E-state index contributed by atoms with van der Waals surface area (Å²) in [5.74, 6) is -0.276. The molecule has 0 aliphatic carbocycles. The number of ether oxygens (including phenoxy) is 2. The van der Waals surface area contributed by atoms with Gasteiger partial charge in [0.1, 0.15) is 0 Å². The number of nitro groups is 1. The molecule has 0 aromatic heterocycles. The Morgan fingerprint density at radius 2 is 2.12 bits per heavy atom. The Morgan fingerprint density at radius 1 is 1.44 bits per heavy atom. The first-order valence-corrected chi connectivity index (χ1v) is 4.46. The van der Waals surface area contributed by atoms with Gasteiger partial charge in [-0.05, 0) is 11.6 Å². The van der Waals surface area contributed by atoms with E-state index in [1.165, 1.54) is 32.4 Å². The van der Waals surface area contributed by atoms with Gasteiger partial charge in [0.2, 0.25) is 0 Å². The standard InChI is InChI=1S/C10H11NO5/c1-15-9-5-7(6-10(12)16-2)3-4-8(9)11(13)14/h3-5H,6H2,1-2H3. The van der Waals surface area contributed by atoms with E-state index < -0.39 is 10.9 Å². The van der Waals surface area contributed by atoms with E-state index in [0.717, 1.165) is 0 Å². The highest BCUT2D eigenvalue weighted by atomic mass is 16.6. The lowest BCUT2D eigenvalue weighted by molar-refractivity contribution is -0.385. The van der Waals surface area contributed by atoms with Crippen LogP contribution in [0.3, 0.4) is 0 Å². The Bertz CT molecular complexity index is 416. The van der Waals surface area contributed by atoms with Crippen LogP contribution in [0.2, 0.25) is 0 Å². The van der Waals surface area contributed by atoms with Crippen LogP contribution in [-0.2, 0) is 16.0 Å². The molecule has 0 aliphatic rings. The summed E-state index contributed by atoms with van der Waals surface area (Å²) >= 11 is 0. The van der Waals surface area contributed by atoms with Crippen molar-refractivity contribution in [2.45, 2.75) is 6.42 Å². The van der Waals surface area contributed by atoms with Gasteiger partial charge in [-0.15, -0.1) is 0 Å². The van der Waals surface area contributed by atoms with E-state index in [9.17, 15) is 14.9 Å². The van der Waals surface area contributed by atoms with Crippen LogP contribution in [0.4, 0.5) is 5.69 Å². The van der Waals surface area contributed by atoms with Crippen LogP contribution >= 0.6 is 0 Å². The summed E-state index contributed by atoms with van der Waals surface area (Å²) in [4.78, 5) is 21.1. The highest BCUT2D eigenvalue weighted by molar-refractivity contribution is 5.72. The second kappa shape index (κ2) is 5.11. The Morgan fingerprint density at radius 3 is 2.62 bits per heavy atom.